The molecule has 2 saturated heterocycles. The van der Waals surface area contributed by atoms with Gasteiger partial charge in [0.05, 0.1) is 12.6 Å². The fourth-order valence-electron chi connectivity index (χ4n) is 2.74. The molecule has 2 heterocycles. The Labute approximate surface area is 128 Å². The number of nitrogens with one attached hydrogen (secondary N) is 1. The third-order valence-electron chi connectivity index (χ3n) is 5.17. The van der Waals surface area contributed by atoms with E-state index in [9.17, 15) is 9.59 Å². The molecular weight excluding hydrogens is 284 g/mol. The highest BCUT2D eigenvalue weighted by Gasteiger charge is 2.44. The summed E-state index contributed by atoms with van der Waals surface area (Å²) in [6, 6.07) is -0.228. The van der Waals surface area contributed by atoms with Gasteiger partial charge in [0.25, 0.3) is 0 Å². The number of carbonyl (C=O) groups excluding carboxylic acids is 2. The Bertz CT molecular complexity index is 431. The molecule has 0 unspecified atom stereocenters. The van der Waals surface area contributed by atoms with Crippen LogP contribution in [0.3, 0.4) is 0 Å². The van der Waals surface area contributed by atoms with Crippen molar-refractivity contribution in [2.75, 3.05) is 13.2 Å². The first-order valence-corrected chi connectivity index (χ1v) is 10.8. The lowest BCUT2D eigenvalue weighted by Gasteiger charge is -2.38. The fraction of sp³-hybridized carbons (Fsp3) is 0.867. The normalized spacial score (nSPS) is 27.4. The van der Waals surface area contributed by atoms with Crippen molar-refractivity contribution in [2.24, 2.45) is 0 Å². The van der Waals surface area contributed by atoms with E-state index in [-0.39, 0.29) is 28.9 Å². The third-order valence-corrected chi connectivity index (χ3v) is 9.67. The molecule has 0 aliphatic carbocycles. The number of hydrogen-bond acceptors (Lipinski definition) is 3. The monoisotopic (exact) mass is 312 g/mol. The van der Waals surface area contributed by atoms with Crippen molar-refractivity contribution in [1.29, 1.82) is 0 Å². The van der Waals surface area contributed by atoms with Crippen molar-refractivity contribution >= 4 is 20.1 Å². The number of hydrogen-bond donors (Lipinski definition) is 1. The minimum Gasteiger partial charge on any atom is -0.415 e. The molecular formula is C15H28N2O3Si. The van der Waals surface area contributed by atoms with Gasteiger partial charge in [0.15, 0.2) is 8.32 Å². The second-order valence-corrected chi connectivity index (χ2v) is 12.5. The molecule has 2 aliphatic heterocycles. The van der Waals surface area contributed by atoms with Gasteiger partial charge in [-0.05, 0) is 31.0 Å². The first-order chi connectivity index (χ1) is 9.63. The van der Waals surface area contributed by atoms with E-state index >= 15 is 0 Å². The largest absolute Gasteiger partial charge is 0.415 e. The van der Waals surface area contributed by atoms with Gasteiger partial charge in [0.2, 0.25) is 11.8 Å². The molecule has 1 N–H and O–H groups in total. The lowest BCUT2D eigenvalue weighted by atomic mass is 10.2. The summed E-state index contributed by atoms with van der Waals surface area (Å²) in [5.74, 6) is 0.0790. The molecule has 5 nitrogen and oxygen atoms in total. The van der Waals surface area contributed by atoms with Crippen LogP contribution in [0.25, 0.3) is 0 Å². The Morgan fingerprint density at radius 3 is 2.57 bits per heavy atom. The third kappa shape index (κ3) is 3.31. The quantitative estimate of drug-likeness (QED) is 0.810. The molecule has 2 aliphatic rings. The molecule has 2 fully saturated rings. The molecule has 0 radical (unpaired) electrons. The van der Waals surface area contributed by atoms with E-state index in [1.807, 2.05) is 0 Å². The molecule has 2 rings (SSSR count). The maximum atomic E-state index is 12.3. The van der Waals surface area contributed by atoms with Crippen LogP contribution in [0.1, 0.15) is 40.0 Å². The van der Waals surface area contributed by atoms with Crippen LogP contribution in [0.15, 0.2) is 0 Å². The highest BCUT2D eigenvalue weighted by molar-refractivity contribution is 6.74. The van der Waals surface area contributed by atoms with Crippen molar-refractivity contribution in [3.63, 3.8) is 0 Å². The van der Waals surface area contributed by atoms with Gasteiger partial charge in [-0.25, -0.2) is 0 Å². The summed E-state index contributed by atoms with van der Waals surface area (Å²) in [6.45, 7) is 12.1. The molecule has 0 spiro atoms. The van der Waals surface area contributed by atoms with E-state index in [0.29, 0.717) is 19.6 Å². The predicted octanol–water partition coefficient (Wildman–Crippen LogP) is 1.89. The van der Waals surface area contributed by atoms with Gasteiger partial charge < -0.3 is 14.6 Å². The Kier molecular flexibility index (Phi) is 4.49. The van der Waals surface area contributed by atoms with Gasteiger partial charge in [-0.3, -0.25) is 9.59 Å². The summed E-state index contributed by atoms with van der Waals surface area (Å²) in [5, 5.41) is 2.99. The molecule has 21 heavy (non-hydrogen) atoms. The Hall–Kier alpha value is -0.883. The summed E-state index contributed by atoms with van der Waals surface area (Å²) in [7, 11) is -1.82. The zero-order valence-electron chi connectivity index (χ0n) is 13.9. The standard InChI is InChI=1S/C15H28N2O3Si/c1-15(2,3)21(4,5)20-10-11-6-7-12-14(19)16-9-8-13(18)17(11)12/h11-12H,6-10H2,1-5H3,(H,16,19)/t11-,12-/m1/s1. The molecule has 120 valence electrons. The summed E-state index contributed by atoms with van der Waals surface area (Å²) in [6.07, 6.45) is 2.01. The van der Waals surface area contributed by atoms with E-state index in [0.717, 1.165) is 12.8 Å². The zero-order chi connectivity index (χ0) is 15.8. The van der Waals surface area contributed by atoms with Crippen LogP contribution in [-0.2, 0) is 14.0 Å². The van der Waals surface area contributed by atoms with Crippen molar-refractivity contribution in [3.05, 3.63) is 0 Å². The fourth-order valence-corrected chi connectivity index (χ4v) is 3.78. The van der Waals surface area contributed by atoms with Crippen molar-refractivity contribution in [1.82, 2.24) is 10.2 Å². The van der Waals surface area contributed by atoms with Crippen LogP contribution in [-0.4, -0.2) is 50.3 Å². The molecule has 0 aromatic heterocycles. The molecule has 2 amide bonds. The number of rotatable bonds is 3. The molecule has 0 saturated carbocycles. The topological polar surface area (TPSA) is 58.6 Å². The maximum absolute atomic E-state index is 12.3. The van der Waals surface area contributed by atoms with Gasteiger partial charge in [-0.15, -0.1) is 0 Å². The van der Waals surface area contributed by atoms with Gasteiger partial charge >= 0.3 is 0 Å². The van der Waals surface area contributed by atoms with Crippen LogP contribution in [0.5, 0.6) is 0 Å². The van der Waals surface area contributed by atoms with Crippen molar-refractivity contribution in [3.8, 4) is 0 Å². The summed E-state index contributed by atoms with van der Waals surface area (Å²) in [5.41, 5.74) is 0. The van der Waals surface area contributed by atoms with Gasteiger partial charge in [-0.2, -0.15) is 0 Å². The average Bonchev–Trinajstić information content (AvgIpc) is 2.72. The molecule has 6 heteroatoms. The first-order valence-electron chi connectivity index (χ1n) is 7.86. The molecule has 2 atom stereocenters. The summed E-state index contributed by atoms with van der Waals surface area (Å²) >= 11 is 0. The lowest BCUT2D eigenvalue weighted by molar-refractivity contribution is -0.138. The van der Waals surface area contributed by atoms with E-state index < -0.39 is 8.32 Å². The molecule has 0 aromatic rings. The van der Waals surface area contributed by atoms with Crippen LogP contribution >= 0.6 is 0 Å². The van der Waals surface area contributed by atoms with E-state index in [4.69, 9.17) is 4.43 Å². The van der Waals surface area contributed by atoms with Crippen LogP contribution < -0.4 is 5.32 Å². The lowest BCUT2D eigenvalue weighted by Crippen LogP contribution is -2.49. The van der Waals surface area contributed by atoms with Crippen molar-refractivity contribution < 1.29 is 14.0 Å². The second kappa shape index (κ2) is 5.72. The van der Waals surface area contributed by atoms with Gasteiger partial charge in [-0.1, -0.05) is 20.8 Å². The minimum absolute atomic E-state index is 0.00400. The van der Waals surface area contributed by atoms with Crippen LogP contribution in [0.4, 0.5) is 0 Å². The number of amides is 2. The van der Waals surface area contributed by atoms with E-state index in [1.54, 1.807) is 4.90 Å². The Morgan fingerprint density at radius 1 is 1.29 bits per heavy atom. The van der Waals surface area contributed by atoms with Crippen LogP contribution in [0.2, 0.25) is 18.1 Å². The van der Waals surface area contributed by atoms with Gasteiger partial charge in [0.1, 0.15) is 6.04 Å². The van der Waals surface area contributed by atoms with Crippen LogP contribution in [0, 0.1) is 0 Å². The summed E-state index contributed by atoms with van der Waals surface area (Å²) in [4.78, 5) is 26.1. The molecule has 0 bridgehead atoms. The molecule has 0 aromatic carbocycles. The number of nitrogens with zero attached hydrogens (tertiary/aromatic N) is 1. The second-order valence-electron chi connectivity index (χ2n) is 7.66. The van der Waals surface area contributed by atoms with Crippen molar-refractivity contribution in [2.45, 2.75) is 70.2 Å². The van der Waals surface area contributed by atoms with E-state index in [1.165, 1.54) is 0 Å². The van der Waals surface area contributed by atoms with E-state index in [2.05, 4.69) is 39.2 Å². The maximum Gasteiger partial charge on any atom is 0.242 e. The number of fused-ring (bicyclic) bond motifs is 1. The zero-order valence-corrected chi connectivity index (χ0v) is 14.9. The average molecular weight is 312 g/mol. The Morgan fingerprint density at radius 2 is 1.95 bits per heavy atom. The first kappa shape index (κ1) is 16.5. The number of carbonyl (C=O) groups is 2. The highest BCUT2D eigenvalue weighted by atomic mass is 28.4. The van der Waals surface area contributed by atoms with Gasteiger partial charge in [0, 0.05) is 13.0 Å². The predicted molar refractivity (Wildman–Crippen MR) is 84.4 cm³/mol. The SMILES string of the molecule is CC(C)(C)[Si](C)(C)OC[C@H]1CC[C@@H]2C(=O)NCCC(=O)N12. The summed E-state index contributed by atoms with van der Waals surface area (Å²) < 4.78 is 6.26. The highest BCUT2D eigenvalue weighted by Crippen LogP contribution is 2.37. The smallest absolute Gasteiger partial charge is 0.242 e. The minimum atomic E-state index is -1.82. The Balaban J connectivity index is 2.05.